The van der Waals surface area contributed by atoms with Crippen LogP contribution in [0.3, 0.4) is 0 Å². The van der Waals surface area contributed by atoms with Crippen molar-refractivity contribution in [3.8, 4) is 11.3 Å². The second-order valence-electron chi connectivity index (χ2n) is 5.88. The van der Waals surface area contributed by atoms with Crippen molar-refractivity contribution < 1.29 is 9.18 Å². The van der Waals surface area contributed by atoms with Crippen molar-refractivity contribution in [3.63, 3.8) is 0 Å². The van der Waals surface area contributed by atoms with Crippen LogP contribution >= 0.6 is 0 Å². The van der Waals surface area contributed by atoms with Crippen LogP contribution < -0.4 is 5.32 Å². The number of halogens is 1. The van der Waals surface area contributed by atoms with E-state index in [1.807, 2.05) is 37.3 Å². The number of hydrogen-bond donors (Lipinski definition) is 2. The van der Waals surface area contributed by atoms with Gasteiger partial charge in [0.05, 0.1) is 0 Å². The van der Waals surface area contributed by atoms with Crippen LogP contribution in [0.15, 0.2) is 48.5 Å². The molecular formula is C20H21FN2O. The number of rotatable bonds is 6. The topological polar surface area (TPSA) is 44.9 Å². The summed E-state index contributed by atoms with van der Waals surface area (Å²) in [6.07, 6.45) is 1.88. The van der Waals surface area contributed by atoms with Crippen LogP contribution in [0.1, 0.15) is 25.3 Å². The molecule has 0 unspecified atom stereocenters. The van der Waals surface area contributed by atoms with E-state index in [2.05, 4.69) is 10.3 Å². The molecule has 0 bridgehead atoms. The van der Waals surface area contributed by atoms with Gasteiger partial charge in [-0.15, -0.1) is 0 Å². The standard InChI is InChI=1S/C20H21FN2O/c1-2-12-22-19(24)11-9-16-17-13-15(21)8-10-18(17)23-20(16)14-6-4-3-5-7-14/h3-8,10,13,23H,2,9,11-12H2,1H3,(H,22,24). The van der Waals surface area contributed by atoms with E-state index in [9.17, 15) is 9.18 Å². The summed E-state index contributed by atoms with van der Waals surface area (Å²) in [4.78, 5) is 15.3. The predicted octanol–water partition coefficient (Wildman–Crippen LogP) is 4.43. The molecule has 3 aromatic rings. The van der Waals surface area contributed by atoms with E-state index < -0.39 is 0 Å². The summed E-state index contributed by atoms with van der Waals surface area (Å²) in [5.74, 6) is -0.237. The first-order valence-electron chi connectivity index (χ1n) is 8.31. The maximum atomic E-state index is 13.7. The monoisotopic (exact) mass is 324 g/mol. The van der Waals surface area contributed by atoms with E-state index >= 15 is 0 Å². The van der Waals surface area contributed by atoms with E-state index in [0.717, 1.165) is 34.1 Å². The normalized spacial score (nSPS) is 10.9. The fourth-order valence-electron chi connectivity index (χ4n) is 2.92. The minimum atomic E-state index is -0.266. The van der Waals surface area contributed by atoms with Crippen molar-refractivity contribution in [2.45, 2.75) is 26.2 Å². The lowest BCUT2D eigenvalue weighted by Crippen LogP contribution is -2.24. The van der Waals surface area contributed by atoms with Crippen LogP contribution in [0.2, 0.25) is 0 Å². The molecule has 0 aliphatic carbocycles. The number of aryl methyl sites for hydroxylation is 1. The summed E-state index contributed by atoms with van der Waals surface area (Å²) in [6.45, 7) is 2.71. The minimum absolute atomic E-state index is 0.0293. The number of amides is 1. The Balaban J connectivity index is 1.96. The van der Waals surface area contributed by atoms with Crippen molar-refractivity contribution in [1.29, 1.82) is 0 Å². The SMILES string of the molecule is CCCNC(=O)CCc1c(-c2ccccc2)[nH]c2ccc(F)cc12. The highest BCUT2D eigenvalue weighted by atomic mass is 19.1. The molecule has 0 saturated carbocycles. The molecule has 124 valence electrons. The molecule has 0 fully saturated rings. The molecule has 0 atom stereocenters. The molecule has 0 aliphatic heterocycles. The van der Waals surface area contributed by atoms with Gasteiger partial charge < -0.3 is 10.3 Å². The number of fused-ring (bicyclic) bond motifs is 1. The van der Waals surface area contributed by atoms with E-state index in [1.165, 1.54) is 12.1 Å². The maximum absolute atomic E-state index is 13.7. The van der Waals surface area contributed by atoms with Crippen LogP contribution in [0.5, 0.6) is 0 Å². The molecule has 0 saturated heterocycles. The van der Waals surface area contributed by atoms with Crippen molar-refractivity contribution in [2.24, 2.45) is 0 Å². The first kappa shape index (κ1) is 16.2. The van der Waals surface area contributed by atoms with Gasteiger partial charge in [-0.1, -0.05) is 37.3 Å². The van der Waals surface area contributed by atoms with Gasteiger partial charge in [0.25, 0.3) is 0 Å². The molecule has 1 aromatic heterocycles. The fourth-order valence-corrected chi connectivity index (χ4v) is 2.92. The third-order valence-electron chi connectivity index (χ3n) is 4.10. The summed E-state index contributed by atoms with van der Waals surface area (Å²) in [5, 5.41) is 3.73. The second-order valence-corrected chi connectivity index (χ2v) is 5.88. The smallest absolute Gasteiger partial charge is 0.220 e. The molecule has 2 N–H and O–H groups in total. The third-order valence-corrected chi connectivity index (χ3v) is 4.10. The van der Waals surface area contributed by atoms with E-state index in [4.69, 9.17) is 0 Å². The van der Waals surface area contributed by atoms with Crippen LogP contribution in [-0.4, -0.2) is 17.4 Å². The Morgan fingerprint density at radius 2 is 1.96 bits per heavy atom. The molecule has 4 heteroatoms. The maximum Gasteiger partial charge on any atom is 0.220 e. The van der Waals surface area contributed by atoms with Gasteiger partial charge in [-0.2, -0.15) is 0 Å². The first-order chi connectivity index (χ1) is 11.7. The second kappa shape index (κ2) is 7.30. The Hall–Kier alpha value is -2.62. The Labute approximate surface area is 140 Å². The quantitative estimate of drug-likeness (QED) is 0.692. The molecular weight excluding hydrogens is 303 g/mol. The molecule has 0 aliphatic rings. The molecule has 3 nitrogen and oxygen atoms in total. The van der Waals surface area contributed by atoms with Gasteiger partial charge in [0.15, 0.2) is 0 Å². The van der Waals surface area contributed by atoms with Crippen molar-refractivity contribution in [1.82, 2.24) is 10.3 Å². The highest BCUT2D eigenvalue weighted by molar-refractivity contribution is 5.91. The largest absolute Gasteiger partial charge is 0.356 e. The Morgan fingerprint density at radius 3 is 2.71 bits per heavy atom. The highest BCUT2D eigenvalue weighted by Gasteiger charge is 2.15. The molecule has 3 rings (SSSR count). The lowest BCUT2D eigenvalue weighted by molar-refractivity contribution is -0.121. The van der Waals surface area contributed by atoms with Gasteiger partial charge in [-0.3, -0.25) is 4.79 Å². The summed E-state index contributed by atoms with van der Waals surface area (Å²) in [5.41, 5.74) is 3.87. The van der Waals surface area contributed by atoms with Crippen molar-refractivity contribution in [2.75, 3.05) is 6.54 Å². The van der Waals surface area contributed by atoms with Crippen LogP contribution in [0.4, 0.5) is 4.39 Å². The Kier molecular flexibility index (Phi) is 4.94. The molecule has 1 heterocycles. The number of nitrogens with one attached hydrogen (secondary N) is 2. The number of carbonyl (C=O) groups is 1. The Bertz CT molecular complexity index is 839. The zero-order valence-electron chi connectivity index (χ0n) is 13.7. The minimum Gasteiger partial charge on any atom is -0.356 e. The van der Waals surface area contributed by atoms with Gasteiger partial charge >= 0.3 is 0 Å². The average Bonchev–Trinajstić information content (AvgIpc) is 2.96. The number of aromatic nitrogens is 1. The molecule has 0 spiro atoms. The van der Waals surface area contributed by atoms with E-state index in [-0.39, 0.29) is 11.7 Å². The predicted molar refractivity (Wildman–Crippen MR) is 95.3 cm³/mol. The lowest BCUT2D eigenvalue weighted by Gasteiger charge is -2.06. The van der Waals surface area contributed by atoms with Gasteiger partial charge in [0.2, 0.25) is 5.91 Å². The summed E-state index contributed by atoms with van der Waals surface area (Å²) < 4.78 is 13.7. The van der Waals surface area contributed by atoms with Crippen molar-refractivity contribution >= 4 is 16.8 Å². The Morgan fingerprint density at radius 1 is 1.17 bits per heavy atom. The van der Waals surface area contributed by atoms with E-state index in [1.54, 1.807) is 6.07 Å². The summed E-state index contributed by atoms with van der Waals surface area (Å²) in [6, 6.07) is 14.7. The highest BCUT2D eigenvalue weighted by Crippen LogP contribution is 2.31. The third kappa shape index (κ3) is 3.48. The van der Waals surface area contributed by atoms with Gasteiger partial charge in [0, 0.05) is 29.6 Å². The van der Waals surface area contributed by atoms with Gasteiger partial charge in [0.1, 0.15) is 5.82 Å². The number of H-pyrrole nitrogens is 1. The molecule has 2 aromatic carbocycles. The summed E-state index contributed by atoms with van der Waals surface area (Å²) >= 11 is 0. The average molecular weight is 324 g/mol. The zero-order chi connectivity index (χ0) is 16.9. The molecule has 1 amide bonds. The van der Waals surface area contributed by atoms with Gasteiger partial charge in [-0.25, -0.2) is 4.39 Å². The van der Waals surface area contributed by atoms with Gasteiger partial charge in [-0.05, 0) is 42.2 Å². The number of hydrogen-bond acceptors (Lipinski definition) is 1. The zero-order valence-corrected chi connectivity index (χ0v) is 13.7. The summed E-state index contributed by atoms with van der Waals surface area (Å²) in [7, 11) is 0. The fraction of sp³-hybridized carbons (Fsp3) is 0.250. The van der Waals surface area contributed by atoms with Crippen LogP contribution in [0, 0.1) is 5.82 Å². The first-order valence-corrected chi connectivity index (χ1v) is 8.31. The number of carbonyl (C=O) groups excluding carboxylic acids is 1. The van der Waals surface area contributed by atoms with E-state index in [0.29, 0.717) is 19.4 Å². The number of aromatic amines is 1. The van der Waals surface area contributed by atoms with Crippen LogP contribution in [0.25, 0.3) is 22.2 Å². The molecule has 24 heavy (non-hydrogen) atoms. The number of benzene rings is 2. The lowest BCUT2D eigenvalue weighted by atomic mass is 10.0. The van der Waals surface area contributed by atoms with Crippen molar-refractivity contribution in [3.05, 3.63) is 59.9 Å². The van der Waals surface area contributed by atoms with Crippen LogP contribution in [-0.2, 0) is 11.2 Å². The molecule has 0 radical (unpaired) electrons.